The number of nitrogens with zero attached hydrogens (tertiary/aromatic N) is 2. The lowest BCUT2D eigenvalue weighted by atomic mass is 9.71. The topological polar surface area (TPSA) is 63.5 Å². The van der Waals surface area contributed by atoms with Crippen LogP contribution < -0.4 is 27.3 Å². The van der Waals surface area contributed by atoms with Gasteiger partial charge in [0.25, 0.3) is 0 Å². The molecule has 0 amide bonds. The fourth-order valence-corrected chi connectivity index (χ4v) is 8.93. The van der Waals surface area contributed by atoms with Crippen LogP contribution in [0.25, 0.3) is 99.2 Å². The molecule has 2 N–H and O–H groups in total. The number of para-hydroxylation sites is 3. The minimum atomic E-state index is -0.372. The largest absolute Gasteiger partial charge is 0.509 e. The van der Waals surface area contributed by atoms with Crippen molar-refractivity contribution in [3.63, 3.8) is 0 Å². The Balaban J connectivity index is 1.20. The quantitative estimate of drug-likeness (QED) is 0.204. The van der Waals surface area contributed by atoms with Gasteiger partial charge in [0.05, 0.1) is 27.8 Å². The van der Waals surface area contributed by atoms with Crippen LogP contribution in [0.5, 0.6) is 11.5 Å². The molecule has 0 aliphatic carbocycles. The van der Waals surface area contributed by atoms with Crippen molar-refractivity contribution in [2.24, 2.45) is 0 Å². The van der Waals surface area contributed by atoms with Crippen molar-refractivity contribution in [1.82, 2.24) is 9.13 Å². The third-order valence-electron chi connectivity index (χ3n) is 11.6. The Bertz CT molecular complexity index is 3550. The van der Waals surface area contributed by atoms with Crippen LogP contribution in [-0.4, -0.2) is 58.6 Å². The van der Waals surface area contributed by atoms with Crippen LogP contribution >= 0.6 is 0 Å². The first-order chi connectivity index (χ1) is 28.2. The van der Waals surface area contributed by atoms with Gasteiger partial charge in [0, 0.05) is 38.2 Å². The summed E-state index contributed by atoms with van der Waals surface area (Å²) >= 11 is 0. The lowest BCUT2D eigenvalue weighted by molar-refractivity contribution is 0.482. The summed E-state index contributed by atoms with van der Waals surface area (Å²) in [5.41, 5.74) is 8.79. The lowest BCUT2D eigenvalue weighted by Crippen LogP contribution is -2.32. The predicted molar refractivity (Wildman–Crippen MR) is 244 cm³/mol. The standard InChI is InChI=1S/C48H25B5N2O3/c49-39-36(26-20-21-33-31(23-26)28-14-4-6-17-32(28)54(33)27-13-8-12-25(22-27)24-10-2-1-3-11-24)46(56)42(52)44-37(39)38-40(50)41(51)47(57)43(53)45(38)55(44)34-18-9-16-30-29-15-5-7-19-35(29)58-48(30)34/h1-23,56-57H. The summed E-state index contributed by atoms with van der Waals surface area (Å²) in [6.07, 6.45) is 0. The van der Waals surface area contributed by atoms with E-state index in [0.29, 0.717) is 49.8 Å². The third kappa shape index (κ3) is 4.66. The van der Waals surface area contributed by atoms with Gasteiger partial charge in [-0.2, -0.15) is 0 Å². The Hall–Kier alpha value is -6.92. The second-order valence-electron chi connectivity index (χ2n) is 14.7. The van der Waals surface area contributed by atoms with Crippen LogP contribution in [0.15, 0.2) is 144 Å². The zero-order valence-electron chi connectivity index (χ0n) is 30.9. The number of fused-ring (bicyclic) bond motifs is 9. The van der Waals surface area contributed by atoms with E-state index in [4.69, 9.17) is 43.6 Å². The number of hydrogen-bond acceptors (Lipinski definition) is 3. The highest BCUT2D eigenvalue weighted by Crippen LogP contribution is 2.41. The molecule has 5 nitrogen and oxygen atoms in total. The van der Waals surface area contributed by atoms with Gasteiger partial charge >= 0.3 is 0 Å². The molecule has 0 unspecified atom stereocenters. The van der Waals surface area contributed by atoms with Gasteiger partial charge in [-0.3, -0.25) is 0 Å². The molecular formula is C48H25B5N2O3. The predicted octanol–water partition coefficient (Wildman–Crippen LogP) is 6.49. The van der Waals surface area contributed by atoms with E-state index < -0.39 is 0 Å². The van der Waals surface area contributed by atoms with Crippen LogP contribution in [0.4, 0.5) is 0 Å². The van der Waals surface area contributed by atoms with Gasteiger partial charge in [-0.05, 0) is 75.5 Å². The molecule has 0 saturated heterocycles. The van der Waals surface area contributed by atoms with Crippen LogP contribution in [0.3, 0.4) is 0 Å². The first-order valence-corrected chi connectivity index (χ1v) is 18.8. The van der Waals surface area contributed by atoms with E-state index in [1.165, 1.54) is 0 Å². The van der Waals surface area contributed by atoms with Gasteiger partial charge in [-0.25, -0.2) is 0 Å². The first-order valence-electron chi connectivity index (χ1n) is 18.8. The molecule has 0 saturated carbocycles. The molecule has 8 aromatic carbocycles. The summed E-state index contributed by atoms with van der Waals surface area (Å²) in [5.74, 6) is -0.595. The summed E-state index contributed by atoms with van der Waals surface area (Å²) in [6.45, 7) is 0. The van der Waals surface area contributed by atoms with Gasteiger partial charge in [0.1, 0.15) is 56.3 Å². The normalized spacial score (nSPS) is 11.9. The number of phenolic OH excluding ortho intramolecular Hbond substituents is 2. The molecule has 0 aliphatic rings. The second-order valence-corrected chi connectivity index (χ2v) is 14.7. The van der Waals surface area contributed by atoms with E-state index >= 15 is 0 Å². The lowest BCUT2D eigenvalue weighted by Gasteiger charge is -2.17. The highest BCUT2D eigenvalue weighted by Gasteiger charge is 2.28. The fraction of sp³-hybridized carbons (Fsp3) is 0. The van der Waals surface area contributed by atoms with Crippen molar-refractivity contribution in [1.29, 1.82) is 0 Å². The Morgan fingerprint density at radius 1 is 0.431 bits per heavy atom. The number of furan rings is 1. The van der Waals surface area contributed by atoms with Gasteiger partial charge in [0.15, 0.2) is 5.58 Å². The minimum Gasteiger partial charge on any atom is -0.509 e. The molecule has 0 fully saturated rings. The molecule has 58 heavy (non-hydrogen) atoms. The monoisotopic (exact) mass is 732 g/mol. The van der Waals surface area contributed by atoms with Crippen molar-refractivity contribution in [2.45, 2.75) is 0 Å². The van der Waals surface area contributed by atoms with Crippen LogP contribution in [0.2, 0.25) is 0 Å². The third-order valence-corrected chi connectivity index (χ3v) is 11.6. The van der Waals surface area contributed by atoms with Crippen molar-refractivity contribution >= 4 is 132 Å². The maximum Gasteiger partial charge on any atom is 0.159 e. The zero-order valence-corrected chi connectivity index (χ0v) is 30.9. The van der Waals surface area contributed by atoms with Crippen molar-refractivity contribution in [3.05, 3.63) is 140 Å². The molecule has 0 atom stereocenters. The number of rotatable bonds is 4. The molecule has 0 spiro atoms. The fourth-order valence-electron chi connectivity index (χ4n) is 8.93. The van der Waals surface area contributed by atoms with Crippen molar-refractivity contribution in [3.8, 4) is 45.1 Å². The Morgan fingerprint density at radius 2 is 1.07 bits per heavy atom. The average Bonchev–Trinajstić information content (AvgIpc) is 3.93. The smallest absolute Gasteiger partial charge is 0.159 e. The van der Waals surface area contributed by atoms with E-state index in [-0.39, 0.29) is 38.8 Å². The van der Waals surface area contributed by atoms with E-state index in [1.807, 2.05) is 91.0 Å². The number of hydrogen-bond donors (Lipinski definition) is 2. The molecule has 10 radical (unpaired) electrons. The summed E-state index contributed by atoms with van der Waals surface area (Å²) in [6, 6.07) is 46.4. The molecule has 11 aromatic rings. The van der Waals surface area contributed by atoms with Crippen molar-refractivity contribution < 1.29 is 14.6 Å². The summed E-state index contributed by atoms with van der Waals surface area (Å²) < 4.78 is 10.4. The molecular weight excluding hydrogens is 707 g/mol. The van der Waals surface area contributed by atoms with Crippen LogP contribution in [0, 0.1) is 0 Å². The summed E-state index contributed by atoms with van der Waals surface area (Å²) in [4.78, 5) is 0. The maximum absolute atomic E-state index is 12.2. The Labute approximate surface area is 339 Å². The highest BCUT2D eigenvalue weighted by atomic mass is 16.3. The van der Waals surface area contributed by atoms with E-state index in [9.17, 15) is 10.2 Å². The molecule has 10 heteroatoms. The molecule has 0 bridgehead atoms. The molecule has 3 aromatic heterocycles. The first kappa shape index (κ1) is 34.3. The van der Waals surface area contributed by atoms with Crippen LogP contribution in [-0.2, 0) is 0 Å². The number of phenols is 2. The van der Waals surface area contributed by atoms with Gasteiger partial charge in [-0.15, -0.1) is 0 Å². The number of benzene rings is 8. The van der Waals surface area contributed by atoms with Crippen LogP contribution in [0.1, 0.15) is 0 Å². The van der Waals surface area contributed by atoms with Crippen molar-refractivity contribution in [2.75, 3.05) is 0 Å². The van der Waals surface area contributed by atoms with E-state index in [1.54, 1.807) is 4.57 Å². The molecule has 0 aliphatic heterocycles. The van der Waals surface area contributed by atoms with Gasteiger partial charge in [-0.1, -0.05) is 113 Å². The second kappa shape index (κ2) is 12.5. The Kier molecular flexibility index (Phi) is 7.43. The average molecular weight is 732 g/mol. The summed E-state index contributed by atoms with van der Waals surface area (Å²) in [7, 11) is 34.1. The number of aromatic nitrogens is 2. The van der Waals surface area contributed by atoms with Gasteiger partial charge in [0.2, 0.25) is 0 Å². The van der Waals surface area contributed by atoms with Gasteiger partial charge < -0.3 is 23.8 Å². The van der Waals surface area contributed by atoms with E-state index in [0.717, 1.165) is 49.4 Å². The van der Waals surface area contributed by atoms with E-state index in [2.05, 4.69) is 53.1 Å². The summed E-state index contributed by atoms with van der Waals surface area (Å²) in [5, 5.41) is 28.0. The zero-order chi connectivity index (χ0) is 39.6. The molecule has 3 heterocycles. The molecule has 11 rings (SSSR count). The highest BCUT2D eigenvalue weighted by molar-refractivity contribution is 6.62. The maximum atomic E-state index is 12.2. The Morgan fingerprint density at radius 3 is 1.88 bits per heavy atom. The SMILES string of the molecule is [B]c1c(O)c([B])c2c(c1[B])c1c([B])c(-c3ccc4c(c3)c3ccccc3n4-c3cccc(-c4ccccc4)c3)c(O)c([B])c1n2-c1cccc2c1oc1ccccc12. The number of aromatic hydroxyl groups is 2. The molecule has 260 valence electrons. The minimum absolute atomic E-state index is 0.0284.